The van der Waals surface area contributed by atoms with Crippen molar-refractivity contribution in [3.63, 3.8) is 0 Å². The van der Waals surface area contributed by atoms with E-state index < -0.39 is 0 Å². The fraction of sp³-hybridized carbons (Fsp3) is 0.0968. The number of furan rings is 1. The van der Waals surface area contributed by atoms with Crippen LogP contribution in [0.3, 0.4) is 0 Å². The minimum Gasteiger partial charge on any atom is -0.456 e. The molecule has 0 saturated heterocycles. The summed E-state index contributed by atoms with van der Waals surface area (Å²) in [4.78, 5) is 0. The van der Waals surface area contributed by atoms with Gasteiger partial charge in [-0.15, -0.1) is 0 Å². The molecule has 6 aromatic rings. The van der Waals surface area contributed by atoms with Gasteiger partial charge in [0, 0.05) is 10.8 Å². The smallest absolute Gasteiger partial charge is 0.136 e. The molecule has 1 nitrogen and oxygen atoms in total. The molecule has 1 aromatic heterocycles. The van der Waals surface area contributed by atoms with E-state index in [1.165, 1.54) is 44.0 Å². The lowest BCUT2D eigenvalue weighted by atomic mass is 9.94. The van der Waals surface area contributed by atoms with Crippen molar-refractivity contribution in [3.05, 3.63) is 109 Å². The molecule has 0 aliphatic rings. The summed E-state index contributed by atoms with van der Waals surface area (Å²) in [6.07, 6.45) is 0. The van der Waals surface area contributed by atoms with Gasteiger partial charge in [-0.1, -0.05) is 98.8 Å². The van der Waals surface area contributed by atoms with Crippen molar-refractivity contribution in [2.75, 3.05) is 0 Å². The minimum absolute atomic E-state index is 0.933. The van der Waals surface area contributed by atoms with E-state index in [1.807, 2.05) is 26.0 Å². The highest BCUT2D eigenvalue weighted by Gasteiger charge is 2.09. The molecule has 5 aromatic carbocycles. The molecular weight excluding hydrogens is 388 g/mol. The van der Waals surface area contributed by atoms with Crippen LogP contribution in [0.5, 0.6) is 0 Å². The van der Waals surface area contributed by atoms with E-state index in [0.29, 0.717) is 0 Å². The fourth-order valence-electron chi connectivity index (χ4n) is 4.45. The first kappa shape index (κ1) is 20.1. The molecule has 0 spiro atoms. The van der Waals surface area contributed by atoms with Crippen molar-refractivity contribution in [2.45, 2.75) is 20.8 Å². The summed E-state index contributed by atoms with van der Waals surface area (Å²) < 4.78 is 6.07. The number of rotatable bonds is 2. The first-order valence-electron chi connectivity index (χ1n) is 11.3. The Kier molecular flexibility index (Phi) is 5.25. The second-order valence-corrected chi connectivity index (χ2v) is 7.86. The Bertz CT molecular complexity index is 1530. The van der Waals surface area contributed by atoms with E-state index >= 15 is 0 Å². The monoisotopic (exact) mass is 414 g/mol. The lowest BCUT2D eigenvalue weighted by Crippen LogP contribution is -1.85. The molecule has 0 amide bonds. The third-order valence-corrected chi connectivity index (χ3v) is 6.05. The number of benzene rings is 5. The van der Waals surface area contributed by atoms with Gasteiger partial charge in [0.15, 0.2) is 0 Å². The summed E-state index contributed by atoms with van der Waals surface area (Å²) in [5.41, 5.74) is 8.05. The second kappa shape index (κ2) is 8.36. The Morgan fingerprint density at radius 3 is 1.84 bits per heavy atom. The number of fused-ring (bicyclic) bond motifs is 4. The van der Waals surface area contributed by atoms with Crippen molar-refractivity contribution in [1.82, 2.24) is 0 Å². The number of para-hydroxylation sites is 1. The molecule has 0 fully saturated rings. The molecule has 1 heteroatoms. The molecular formula is C31H26O. The van der Waals surface area contributed by atoms with E-state index in [-0.39, 0.29) is 0 Å². The van der Waals surface area contributed by atoms with Crippen LogP contribution in [-0.4, -0.2) is 0 Å². The first-order chi connectivity index (χ1) is 15.8. The Hall–Kier alpha value is -3.84. The van der Waals surface area contributed by atoms with Crippen molar-refractivity contribution in [1.29, 1.82) is 0 Å². The summed E-state index contributed by atoms with van der Waals surface area (Å²) in [5.74, 6) is 0. The van der Waals surface area contributed by atoms with Gasteiger partial charge in [0.2, 0.25) is 0 Å². The van der Waals surface area contributed by atoms with Gasteiger partial charge in [0.05, 0.1) is 0 Å². The molecule has 0 radical (unpaired) electrons. The maximum Gasteiger partial charge on any atom is 0.136 e. The van der Waals surface area contributed by atoms with Crippen LogP contribution in [0, 0.1) is 6.92 Å². The van der Waals surface area contributed by atoms with Crippen LogP contribution in [0.1, 0.15) is 19.4 Å². The van der Waals surface area contributed by atoms with Crippen molar-refractivity contribution in [3.8, 4) is 22.3 Å². The van der Waals surface area contributed by atoms with Gasteiger partial charge in [0.1, 0.15) is 11.2 Å². The highest BCUT2D eigenvalue weighted by atomic mass is 16.3. The standard InChI is InChI=1S/C29H20O.C2H6/c1-19-10-16-24(25-7-3-2-6-23(19)25)21-13-11-20(12-14-21)22-15-17-27-26-8-4-5-9-28(26)30-29(27)18-22;1-2/h2-18H,1H3;1-2H3. The van der Waals surface area contributed by atoms with E-state index in [4.69, 9.17) is 4.42 Å². The molecule has 32 heavy (non-hydrogen) atoms. The molecule has 0 bridgehead atoms. The van der Waals surface area contributed by atoms with E-state index in [0.717, 1.165) is 16.6 Å². The zero-order valence-corrected chi connectivity index (χ0v) is 18.7. The minimum atomic E-state index is 0.933. The number of hydrogen-bond donors (Lipinski definition) is 0. The lowest BCUT2D eigenvalue weighted by Gasteiger charge is -2.10. The van der Waals surface area contributed by atoms with Crippen LogP contribution in [0.4, 0.5) is 0 Å². The molecule has 0 atom stereocenters. The molecule has 0 N–H and O–H groups in total. The van der Waals surface area contributed by atoms with Crippen molar-refractivity contribution >= 4 is 32.7 Å². The highest BCUT2D eigenvalue weighted by Crippen LogP contribution is 2.34. The summed E-state index contributed by atoms with van der Waals surface area (Å²) in [6.45, 7) is 6.17. The molecule has 156 valence electrons. The van der Waals surface area contributed by atoms with E-state index in [9.17, 15) is 0 Å². The summed E-state index contributed by atoms with van der Waals surface area (Å²) >= 11 is 0. The average Bonchev–Trinajstić information content (AvgIpc) is 3.24. The van der Waals surface area contributed by atoms with Gasteiger partial charge in [-0.05, 0) is 63.7 Å². The maximum atomic E-state index is 6.07. The van der Waals surface area contributed by atoms with Gasteiger partial charge in [0.25, 0.3) is 0 Å². The zero-order chi connectivity index (χ0) is 22.1. The lowest BCUT2D eigenvalue weighted by molar-refractivity contribution is 0.669. The van der Waals surface area contributed by atoms with E-state index in [1.54, 1.807) is 0 Å². The molecule has 0 saturated carbocycles. The van der Waals surface area contributed by atoms with Gasteiger partial charge in [-0.3, -0.25) is 0 Å². The maximum absolute atomic E-state index is 6.07. The van der Waals surface area contributed by atoms with Crippen LogP contribution >= 0.6 is 0 Å². The Morgan fingerprint density at radius 1 is 0.469 bits per heavy atom. The van der Waals surface area contributed by atoms with Crippen LogP contribution in [0.25, 0.3) is 55.0 Å². The second-order valence-electron chi connectivity index (χ2n) is 7.86. The van der Waals surface area contributed by atoms with Crippen molar-refractivity contribution < 1.29 is 4.42 Å². The largest absolute Gasteiger partial charge is 0.456 e. The Balaban J connectivity index is 0.00000105. The summed E-state index contributed by atoms with van der Waals surface area (Å²) in [5, 5.41) is 4.95. The van der Waals surface area contributed by atoms with Crippen LogP contribution < -0.4 is 0 Å². The fourth-order valence-corrected chi connectivity index (χ4v) is 4.45. The molecule has 1 heterocycles. The molecule has 0 unspecified atom stereocenters. The van der Waals surface area contributed by atoms with Gasteiger partial charge < -0.3 is 4.42 Å². The van der Waals surface area contributed by atoms with Crippen molar-refractivity contribution in [2.24, 2.45) is 0 Å². The quantitative estimate of drug-likeness (QED) is 0.275. The summed E-state index contributed by atoms with van der Waals surface area (Å²) in [6, 6.07) is 36.6. The summed E-state index contributed by atoms with van der Waals surface area (Å²) in [7, 11) is 0. The first-order valence-corrected chi connectivity index (χ1v) is 11.3. The van der Waals surface area contributed by atoms with E-state index in [2.05, 4.69) is 97.9 Å². The third kappa shape index (κ3) is 3.36. The van der Waals surface area contributed by atoms with Gasteiger partial charge >= 0.3 is 0 Å². The predicted molar refractivity (Wildman–Crippen MR) is 138 cm³/mol. The topological polar surface area (TPSA) is 13.1 Å². The average molecular weight is 415 g/mol. The number of hydrogen-bond acceptors (Lipinski definition) is 1. The molecule has 6 rings (SSSR count). The SMILES string of the molecule is CC.Cc1ccc(-c2ccc(-c3ccc4c(c3)oc3ccccc34)cc2)c2ccccc12. The third-order valence-electron chi connectivity index (χ3n) is 6.05. The van der Waals surface area contributed by atoms with Gasteiger partial charge in [-0.25, -0.2) is 0 Å². The highest BCUT2D eigenvalue weighted by molar-refractivity contribution is 6.06. The van der Waals surface area contributed by atoms with Crippen LogP contribution in [0.15, 0.2) is 108 Å². The van der Waals surface area contributed by atoms with Crippen LogP contribution in [0.2, 0.25) is 0 Å². The number of aryl methyl sites for hydroxylation is 1. The molecule has 0 aliphatic carbocycles. The Labute approximate surface area is 188 Å². The normalized spacial score (nSPS) is 11.0. The Morgan fingerprint density at radius 2 is 1.06 bits per heavy atom. The van der Waals surface area contributed by atoms with Crippen LogP contribution in [-0.2, 0) is 0 Å². The molecule has 0 aliphatic heterocycles. The van der Waals surface area contributed by atoms with Gasteiger partial charge in [-0.2, -0.15) is 0 Å². The predicted octanol–water partition coefficient (Wildman–Crippen LogP) is 9.41. The zero-order valence-electron chi connectivity index (χ0n) is 18.7.